The molecule has 2 heterocycles. The molecule has 2 aromatic rings. The minimum atomic E-state index is -1.72. The average molecular weight is 312 g/mol. The van der Waals surface area contributed by atoms with E-state index in [9.17, 15) is 14.8 Å². The van der Waals surface area contributed by atoms with Gasteiger partial charge in [-0.2, -0.15) is 0 Å². The van der Waals surface area contributed by atoms with E-state index in [0.717, 1.165) is 0 Å². The SMILES string of the molecule is CC(C)(C)C(=O)OCn1cc(B(O)O)c2nc(Cl)cnc21. The van der Waals surface area contributed by atoms with E-state index in [4.69, 9.17) is 16.3 Å². The minimum Gasteiger partial charge on any atom is -0.443 e. The van der Waals surface area contributed by atoms with Crippen molar-refractivity contribution in [3.63, 3.8) is 0 Å². The first-order valence-electron chi connectivity index (χ1n) is 6.25. The monoisotopic (exact) mass is 311 g/mol. The van der Waals surface area contributed by atoms with Gasteiger partial charge < -0.3 is 14.8 Å². The maximum Gasteiger partial charge on any atom is 0.492 e. The lowest BCUT2D eigenvalue weighted by molar-refractivity contribution is -0.156. The molecule has 112 valence electrons. The largest absolute Gasteiger partial charge is 0.492 e. The topological polar surface area (TPSA) is 97.5 Å². The van der Waals surface area contributed by atoms with Crippen LogP contribution >= 0.6 is 11.6 Å². The summed E-state index contributed by atoms with van der Waals surface area (Å²) in [6.45, 7) is 5.12. The highest BCUT2D eigenvalue weighted by molar-refractivity contribution is 6.61. The number of rotatable bonds is 3. The van der Waals surface area contributed by atoms with Gasteiger partial charge in [0.25, 0.3) is 0 Å². The third kappa shape index (κ3) is 3.34. The molecule has 0 amide bonds. The summed E-state index contributed by atoms with van der Waals surface area (Å²) in [6, 6.07) is 0. The predicted octanol–water partition coefficient (Wildman–Crippen LogP) is 0.311. The van der Waals surface area contributed by atoms with Crippen LogP contribution in [0, 0.1) is 5.41 Å². The molecule has 0 unspecified atom stereocenters. The lowest BCUT2D eigenvalue weighted by atomic mass is 9.82. The third-order valence-corrected chi connectivity index (χ3v) is 2.97. The van der Waals surface area contributed by atoms with Gasteiger partial charge in [-0.3, -0.25) is 9.36 Å². The zero-order chi connectivity index (χ0) is 15.8. The van der Waals surface area contributed by atoms with Gasteiger partial charge in [0.2, 0.25) is 0 Å². The van der Waals surface area contributed by atoms with E-state index in [1.54, 1.807) is 20.8 Å². The quantitative estimate of drug-likeness (QED) is 0.625. The summed E-state index contributed by atoms with van der Waals surface area (Å²) in [7, 11) is -1.72. The summed E-state index contributed by atoms with van der Waals surface area (Å²) >= 11 is 5.76. The van der Waals surface area contributed by atoms with Crippen molar-refractivity contribution >= 4 is 41.3 Å². The van der Waals surface area contributed by atoms with Gasteiger partial charge in [-0.1, -0.05) is 11.6 Å². The van der Waals surface area contributed by atoms with Crippen LogP contribution < -0.4 is 5.46 Å². The molecule has 21 heavy (non-hydrogen) atoms. The Kier molecular flexibility index (Phi) is 4.22. The highest BCUT2D eigenvalue weighted by Gasteiger charge is 2.25. The molecule has 0 saturated carbocycles. The number of hydrogen-bond acceptors (Lipinski definition) is 6. The maximum absolute atomic E-state index is 11.8. The molecule has 7 nitrogen and oxygen atoms in total. The van der Waals surface area contributed by atoms with Crippen molar-refractivity contribution in [1.82, 2.24) is 14.5 Å². The molecule has 9 heteroatoms. The highest BCUT2D eigenvalue weighted by atomic mass is 35.5. The standard InChI is InChI=1S/C12H15BClN3O4/c1-12(2,3)11(18)21-6-17-5-7(13(19)20)9-10(17)15-4-8(14)16-9/h4-5,19-20H,6H2,1-3H3. The van der Waals surface area contributed by atoms with E-state index in [1.165, 1.54) is 17.0 Å². The summed E-state index contributed by atoms with van der Waals surface area (Å²) in [5.74, 6) is -0.377. The molecule has 0 fully saturated rings. The molecule has 0 aliphatic rings. The number of halogens is 1. The fourth-order valence-electron chi connectivity index (χ4n) is 1.69. The van der Waals surface area contributed by atoms with Gasteiger partial charge in [0.15, 0.2) is 12.4 Å². The average Bonchev–Trinajstić information content (AvgIpc) is 2.72. The molecular formula is C12H15BClN3O4. The molecule has 0 bridgehead atoms. The molecule has 0 aliphatic carbocycles. The van der Waals surface area contributed by atoms with Gasteiger partial charge in [0.1, 0.15) is 10.7 Å². The van der Waals surface area contributed by atoms with Crippen molar-refractivity contribution in [3.05, 3.63) is 17.5 Å². The summed E-state index contributed by atoms with van der Waals surface area (Å²) in [5, 5.41) is 18.8. The van der Waals surface area contributed by atoms with Crippen LogP contribution in [0.2, 0.25) is 5.15 Å². The van der Waals surface area contributed by atoms with E-state index in [0.29, 0.717) is 5.65 Å². The minimum absolute atomic E-state index is 0.102. The van der Waals surface area contributed by atoms with Gasteiger partial charge in [0, 0.05) is 11.7 Å². The number of nitrogens with zero attached hydrogens (tertiary/aromatic N) is 3. The Morgan fingerprint density at radius 2 is 2.14 bits per heavy atom. The number of hydrogen-bond donors (Lipinski definition) is 2. The molecule has 0 aromatic carbocycles. The lowest BCUT2D eigenvalue weighted by Gasteiger charge is -2.16. The lowest BCUT2D eigenvalue weighted by Crippen LogP contribution is -2.29. The second-order valence-corrected chi connectivity index (χ2v) is 5.99. The van der Waals surface area contributed by atoms with E-state index >= 15 is 0 Å². The molecule has 0 radical (unpaired) electrons. The molecule has 0 aliphatic heterocycles. The van der Waals surface area contributed by atoms with Crippen LogP contribution in [-0.2, 0) is 16.3 Å². The van der Waals surface area contributed by atoms with Crippen molar-refractivity contribution in [2.24, 2.45) is 5.41 Å². The van der Waals surface area contributed by atoms with Gasteiger partial charge in [-0.25, -0.2) is 9.97 Å². The Bertz CT molecular complexity index is 681. The zero-order valence-electron chi connectivity index (χ0n) is 11.9. The molecule has 2 aromatic heterocycles. The van der Waals surface area contributed by atoms with E-state index in [1.807, 2.05) is 0 Å². The number of ether oxygens (including phenoxy) is 1. The number of esters is 1. The van der Waals surface area contributed by atoms with E-state index in [2.05, 4.69) is 9.97 Å². The number of carbonyl (C=O) groups excluding carboxylic acids is 1. The second-order valence-electron chi connectivity index (χ2n) is 5.60. The molecule has 2 N–H and O–H groups in total. The van der Waals surface area contributed by atoms with E-state index in [-0.39, 0.29) is 28.8 Å². The van der Waals surface area contributed by atoms with Crippen LogP contribution in [-0.4, -0.2) is 37.7 Å². The van der Waals surface area contributed by atoms with Crippen LogP contribution in [0.3, 0.4) is 0 Å². The Hall–Kier alpha value is -1.64. The van der Waals surface area contributed by atoms with Gasteiger partial charge >= 0.3 is 13.1 Å². The predicted molar refractivity (Wildman–Crippen MR) is 77.9 cm³/mol. The summed E-state index contributed by atoms with van der Waals surface area (Å²) in [6.07, 6.45) is 2.75. The maximum atomic E-state index is 11.8. The van der Waals surface area contributed by atoms with Crippen molar-refractivity contribution in [3.8, 4) is 0 Å². The van der Waals surface area contributed by atoms with Crippen molar-refractivity contribution in [2.75, 3.05) is 0 Å². The van der Waals surface area contributed by atoms with Crippen molar-refractivity contribution in [1.29, 1.82) is 0 Å². The van der Waals surface area contributed by atoms with Gasteiger partial charge in [-0.05, 0) is 20.8 Å². The Labute approximate surface area is 126 Å². The van der Waals surface area contributed by atoms with Crippen LogP contribution in [0.15, 0.2) is 12.4 Å². The van der Waals surface area contributed by atoms with Crippen molar-refractivity contribution < 1.29 is 19.6 Å². The normalized spacial score (nSPS) is 11.7. The molecule has 2 rings (SSSR count). The Morgan fingerprint density at radius 1 is 1.48 bits per heavy atom. The molecule has 0 spiro atoms. The van der Waals surface area contributed by atoms with Crippen LogP contribution in [0.5, 0.6) is 0 Å². The van der Waals surface area contributed by atoms with Crippen LogP contribution in [0.4, 0.5) is 0 Å². The Morgan fingerprint density at radius 3 is 2.71 bits per heavy atom. The van der Waals surface area contributed by atoms with Crippen molar-refractivity contribution in [2.45, 2.75) is 27.5 Å². The number of aromatic nitrogens is 3. The summed E-state index contributed by atoms with van der Waals surface area (Å²) in [4.78, 5) is 19.9. The molecule has 0 saturated heterocycles. The number of fused-ring (bicyclic) bond motifs is 1. The fourth-order valence-corrected chi connectivity index (χ4v) is 1.82. The molecule has 0 atom stereocenters. The third-order valence-electron chi connectivity index (χ3n) is 2.79. The first-order valence-corrected chi connectivity index (χ1v) is 6.62. The second kappa shape index (κ2) is 5.63. The summed E-state index contributed by atoms with van der Waals surface area (Å²) in [5.41, 5.74) is 0.123. The van der Waals surface area contributed by atoms with Gasteiger partial charge in [0.05, 0.1) is 11.6 Å². The highest BCUT2D eigenvalue weighted by Crippen LogP contribution is 2.17. The Balaban J connectivity index is 2.34. The zero-order valence-corrected chi connectivity index (χ0v) is 12.6. The van der Waals surface area contributed by atoms with E-state index < -0.39 is 12.5 Å². The smallest absolute Gasteiger partial charge is 0.443 e. The van der Waals surface area contributed by atoms with Crippen LogP contribution in [0.25, 0.3) is 11.2 Å². The first kappa shape index (κ1) is 15.7. The first-order chi connectivity index (χ1) is 9.70. The fraction of sp³-hybridized carbons (Fsp3) is 0.417. The number of carbonyl (C=O) groups is 1. The molecular weight excluding hydrogens is 296 g/mol. The summed E-state index contributed by atoms with van der Waals surface area (Å²) < 4.78 is 6.65. The van der Waals surface area contributed by atoms with Crippen LogP contribution in [0.1, 0.15) is 20.8 Å². The van der Waals surface area contributed by atoms with Gasteiger partial charge in [-0.15, -0.1) is 0 Å².